The fourth-order valence-corrected chi connectivity index (χ4v) is 6.35. The maximum atomic E-state index is 13.6. The molecule has 38 heavy (non-hydrogen) atoms. The van der Waals surface area contributed by atoms with Gasteiger partial charge in [0.25, 0.3) is 5.56 Å². The molecule has 0 radical (unpaired) electrons. The number of aromatic nitrogens is 2. The second-order valence-corrected chi connectivity index (χ2v) is 10.9. The van der Waals surface area contributed by atoms with Gasteiger partial charge < -0.3 is 29.1 Å². The highest BCUT2D eigenvalue weighted by Crippen LogP contribution is 2.54. The van der Waals surface area contributed by atoms with Gasteiger partial charge in [-0.05, 0) is 24.6 Å². The van der Waals surface area contributed by atoms with Crippen LogP contribution < -0.4 is 5.56 Å². The molecule has 0 bridgehead atoms. The number of aliphatic hydroxyl groups excluding tert-OH is 2. The minimum absolute atomic E-state index is 0.112. The number of carbonyl (C=O) groups excluding carboxylic acids is 1. The molecule has 3 N–H and O–H groups in total. The van der Waals surface area contributed by atoms with Gasteiger partial charge in [0.15, 0.2) is 0 Å². The van der Waals surface area contributed by atoms with E-state index >= 15 is 0 Å². The number of hydrogen-bond donors (Lipinski definition) is 3. The molecule has 13 heteroatoms. The molecule has 1 unspecified atom stereocenters. The van der Waals surface area contributed by atoms with Gasteiger partial charge in [-0.25, -0.2) is 14.3 Å². The number of phosphoric acid groups is 1. The summed E-state index contributed by atoms with van der Waals surface area (Å²) in [6.45, 7) is 0.774. The fourth-order valence-electron chi connectivity index (χ4n) is 5.27. The summed E-state index contributed by atoms with van der Waals surface area (Å²) in [6, 6.07) is 11.1. The second kappa shape index (κ2) is 9.06. The Hall–Kier alpha value is -2.96. The summed E-state index contributed by atoms with van der Waals surface area (Å²) >= 11 is 0. The zero-order valence-electron chi connectivity index (χ0n) is 20.3. The summed E-state index contributed by atoms with van der Waals surface area (Å²) in [7, 11) is -4.97. The number of rotatable bonds is 6. The summed E-state index contributed by atoms with van der Waals surface area (Å²) in [4.78, 5) is 42.0. The van der Waals surface area contributed by atoms with Crippen LogP contribution in [0.5, 0.6) is 0 Å². The van der Waals surface area contributed by atoms with Crippen LogP contribution in [-0.2, 0) is 46.6 Å². The maximum absolute atomic E-state index is 13.6. The number of para-hydroxylation sites is 1. The number of phosphoric ester groups is 1. The molecule has 1 saturated heterocycles. The van der Waals surface area contributed by atoms with E-state index in [-0.39, 0.29) is 37.3 Å². The minimum Gasteiger partial charge on any atom is -0.458 e. The summed E-state index contributed by atoms with van der Waals surface area (Å²) < 4.78 is 35.5. The highest BCUT2D eigenvalue weighted by Gasteiger charge is 2.53. The summed E-state index contributed by atoms with van der Waals surface area (Å²) in [5, 5.41) is 20.5. The Morgan fingerprint density at radius 1 is 1.24 bits per heavy atom. The van der Waals surface area contributed by atoms with Crippen LogP contribution in [0.4, 0.5) is 0 Å². The first-order valence-electron chi connectivity index (χ1n) is 12.1. The summed E-state index contributed by atoms with van der Waals surface area (Å²) in [6.07, 6.45) is -3.69. The Kier molecular flexibility index (Phi) is 6.04. The second-order valence-electron chi connectivity index (χ2n) is 9.54. The summed E-state index contributed by atoms with van der Waals surface area (Å²) in [5.41, 5.74) is 0.298. The lowest BCUT2D eigenvalue weighted by atomic mass is 9.86. The van der Waals surface area contributed by atoms with Gasteiger partial charge in [-0.1, -0.05) is 25.1 Å². The molecule has 0 amide bonds. The van der Waals surface area contributed by atoms with Crippen molar-refractivity contribution in [1.82, 2.24) is 9.55 Å². The SMILES string of the molecule is CC[C@@]1(OP(=O)(O)OC[C@H]2OC[C@H](O)[C@@H]2O)C(=O)OCc2c1cc1n(c2=O)Cc2cc3ccccc3nc2-1. The molecule has 5 atom stereocenters. The Morgan fingerprint density at radius 3 is 2.76 bits per heavy atom. The Morgan fingerprint density at radius 2 is 2.03 bits per heavy atom. The molecule has 2 aromatic heterocycles. The zero-order chi connectivity index (χ0) is 26.8. The molecule has 3 aromatic rings. The van der Waals surface area contributed by atoms with Gasteiger partial charge in [-0.3, -0.25) is 13.8 Å². The van der Waals surface area contributed by atoms with Crippen molar-refractivity contribution in [2.75, 3.05) is 13.2 Å². The Labute approximate surface area is 216 Å². The normalized spacial score (nSPS) is 27.5. The van der Waals surface area contributed by atoms with Crippen molar-refractivity contribution in [3.8, 4) is 11.4 Å². The van der Waals surface area contributed by atoms with E-state index in [9.17, 15) is 29.3 Å². The number of ether oxygens (including phenoxy) is 2. The van der Waals surface area contributed by atoms with Crippen LogP contribution in [0.15, 0.2) is 41.2 Å². The van der Waals surface area contributed by atoms with Gasteiger partial charge in [0, 0.05) is 16.5 Å². The maximum Gasteiger partial charge on any atom is 0.473 e. The van der Waals surface area contributed by atoms with Gasteiger partial charge in [0.05, 0.1) is 42.2 Å². The zero-order valence-corrected chi connectivity index (χ0v) is 21.2. The van der Waals surface area contributed by atoms with Crippen molar-refractivity contribution in [2.24, 2.45) is 0 Å². The topological polar surface area (TPSA) is 167 Å². The number of nitrogens with zero attached hydrogens (tertiary/aromatic N) is 2. The number of fused-ring (bicyclic) bond motifs is 5. The molecular weight excluding hydrogens is 519 g/mol. The lowest BCUT2D eigenvalue weighted by molar-refractivity contribution is -0.171. The third-order valence-electron chi connectivity index (χ3n) is 7.31. The molecule has 0 spiro atoms. The highest BCUT2D eigenvalue weighted by atomic mass is 31.2. The van der Waals surface area contributed by atoms with E-state index in [1.165, 1.54) is 4.57 Å². The predicted molar refractivity (Wildman–Crippen MR) is 131 cm³/mol. The third-order valence-corrected chi connectivity index (χ3v) is 8.33. The summed E-state index contributed by atoms with van der Waals surface area (Å²) in [5.74, 6) is -0.938. The van der Waals surface area contributed by atoms with Crippen molar-refractivity contribution in [3.05, 3.63) is 63.4 Å². The molecular formula is C25H25N2O10P. The van der Waals surface area contributed by atoms with E-state index in [1.54, 1.807) is 13.0 Å². The number of benzene rings is 1. The molecule has 3 aliphatic rings. The van der Waals surface area contributed by atoms with E-state index in [0.29, 0.717) is 11.4 Å². The number of carbonyl (C=O) groups is 1. The van der Waals surface area contributed by atoms with Crippen LogP contribution in [0.3, 0.4) is 0 Å². The van der Waals surface area contributed by atoms with Crippen molar-refractivity contribution < 1.29 is 43.0 Å². The number of hydrogen-bond acceptors (Lipinski definition) is 10. The highest BCUT2D eigenvalue weighted by molar-refractivity contribution is 7.47. The lowest BCUT2D eigenvalue weighted by Gasteiger charge is -2.36. The monoisotopic (exact) mass is 544 g/mol. The largest absolute Gasteiger partial charge is 0.473 e. The molecule has 1 aromatic carbocycles. The molecule has 0 saturated carbocycles. The van der Waals surface area contributed by atoms with E-state index in [2.05, 4.69) is 0 Å². The Balaban J connectivity index is 1.40. The van der Waals surface area contributed by atoms with E-state index in [1.807, 2.05) is 30.3 Å². The van der Waals surface area contributed by atoms with Crippen molar-refractivity contribution in [1.29, 1.82) is 0 Å². The van der Waals surface area contributed by atoms with Crippen LogP contribution in [-0.4, -0.2) is 62.2 Å². The van der Waals surface area contributed by atoms with Crippen molar-refractivity contribution in [3.63, 3.8) is 0 Å². The fraction of sp³-hybridized carbons (Fsp3) is 0.400. The smallest absolute Gasteiger partial charge is 0.458 e. The average Bonchev–Trinajstić information content (AvgIpc) is 3.42. The van der Waals surface area contributed by atoms with Crippen molar-refractivity contribution >= 4 is 24.7 Å². The van der Waals surface area contributed by atoms with Gasteiger partial charge >= 0.3 is 13.8 Å². The first-order chi connectivity index (χ1) is 18.1. The van der Waals surface area contributed by atoms with Crippen LogP contribution in [0.25, 0.3) is 22.3 Å². The molecule has 12 nitrogen and oxygen atoms in total. The van der Waals surface area contributed by atoms with E-state index < -0.39 is 49.9 Å². The molecule has 0 aliphatic carbocycles. The van der Waals surface area contributed by atoms with Gasteiger partial charge in [0.2, 0.25) is 5.60 Å². The predicted octanol–water partition coefficient (Wildman–Crippen LogP) is 1.34. The number of aliphatic hydroxyl groups is 2. The standard InChI is InChI=1S/C25H25N2O10P/c1-2-25(37-38(32,33)36-12-20-22(29)19(28)11-34-20)16-8-18-21-14(7-13-5-3-4-6-17(13)26-21)9-27(18)23(30)15(16)10-35-24(25)31/h3-8,19-20,22,28-29H,2,9-12H2,1H3,(H,32,33)/t19-,20+,22-,25-/m0/s1. The van der Waals surface area contributed by atoms with Crippen LogP contribution >= 0.6 is 7.82 Å². The quantitative estimate of drug-likeness (QED) is 0.237. The van der Waals surface area contributed by atoms with Gasteiger partial charge in [-0.2, -0.15) is 0 Å². The minimum atomic E-state index is -4.97. The third kappa shape index (κ3) is 3.92. The number of cyclic esters (lactones) is 1. The molecule has 5 heterocycles. The van der Waals surface area contributed by atoms with Crippen molar-refractivity contribution in [2.45, 2.75) is 50.4 Å². The molecule has 6 rings (SSSR count). The number of pyridine rings is 2. The van der Waals surface area contributed by atoms with Crippen LogP contribution in [0, 0.1) is 0 Å². The first kappa shape index (κ1) is 25.3. The van der Waals surface area contributed by atoms with Gasteiger partial charge in [0.1, 0.15) is 24.9 Å². The van der Waals surface area contributed by atoms with E-state index in [4.69, 9.17) is 23.5 Å². The van der Waals surface area contributed by atoms with E-state index in [0.717, 1.165) is 16.5 Å². The Bertz CT molecular complexity index is 1570. The molecule has 200 valence electrons. The van der Waals surface area contributed by atoms with Gasteiger partial charge in [-0.15, -0.1) is 0 Å². The average molecular weight is 544 g/mol. The number of esters is 1. The van der Waals surface area contributed by atoms with Crippen LogP contribution in [0.1, 0.15) is 30.0 Å². The lowest BCUT2D eigenvalue weighted by Crippen LogP contribution is -2.46. The molecule has 1 fully saturated rings. The van der Waals surface area contributed by atoms with Crippen LogP contribution in [0.2, 0.25) is 0 Å². The molecule has 3 aliphatic heterocycles. The first-order valence-corrected chi connectivity index (χ1v) is 13.6.